The molecule has 2 fully saturated rings. The average molecular weight is 530 g/mol. The molecule has 2 saturated heterocycles. The molecule has 202 valence electrons. The fourth-order valence-corrected chi connectivity index (χ4v) is 5.38. The number of nitrogens with zero attached hydrogens (tertiary/aromatic N) is 4. The molecular formula is C29H31N5O5. The molecule has 2 aromatic heterocycles. The molecule has 0 bridgehead atoms. The number of hydrogen-bond donors (Lipinski definition) is 1. The van der Waals surface area contributed by atoms with Gasteiger partial charge in [0.05, 0.1) is 12.9 Å². The lowest BCUT2D eigenvalue weighted by molar-refractivity contribution is -0.204. The highest BCUT2D eigenvalue weighted by Crippen LogP contribution is 2.44. The topological polar surface area (TPSA) is 110 Å². The van der Waals surface area contributed by atoms with Crippen molar-refractivity contribution in [3.8, 4) is 0 Å². The zero-order valence-corrected chi connectivity index (χ0v) is 22.1. The molecule has 39 heavy (non-hydrogen) atoms. The van der Waals surface area contributed by atoms with Crippen molar-refractivity contribution in [2.75, 3.05) is 18.5 Å². The highest BCUT2D eigenvalue weighted by Gasteiger charge is 2.59. The maximum absolute atomic E-state index is 12.7. The molecule has 2 aliphatic rings. The summed E-state index contributed by atoms with van der Waals surface area (Å²) in [6.45, 7) is 6.24. The predicted molar refractivity (Wildman–Crippen MR) is 143 cm³/mol. The maximum Gasteiger partial charge on any atom is 0.338 e. The summed E-state index contributed by atoms with van der Waals surface area (Å²) in [5.41, 5.74) is 3.55. The van der Waals surface area contributed by atoms with Gasteiger partial charge in [-0.15, -0.1) is 0 Å². The number of anilines is 1. The van der Waals surface area contributed by atoms with Gasteiger partial charge in [0.25, 0.3) is 0 Å². The first-order chi connectivity index (χ1) is 18.9. The molecule has 10 heteroatoms. The molecule has 4 heterocycles. The number of hydrogen-bond acceptors (Lipinski definition) is 9. The first kappa shape index (κ1) is 25.4. The van der Waals surface area contributed by atoms with Crippen LogP contribution in [0.15, 0.2) is 73.3 Å². The second-order valence-electron chi connectivity index (χ2n) is 10.1. The number of benzene rings is 2. The summed E-state index contributed by atoms with van der Waals surface area (Å²) in [6, 6.07) is 20.7. The number of aromatic nitrogens is 4. The van der Waals surface area contributed by atoms with Crippen molar-refractivity contribution in [3.05, 3.63) is 84.4 Å². The van der Waals surface area contributed by atoms with Gasteiger partial charge >= 0.3 is 5.97 Å². The van der Waals surface area contributed by atoms with Gasteiger partial charge in [0.1, 0.15) is 18.5 Å². The van der Waals surface area contributed by atoms with E-state index in [1.807, 2.05) is 50.2 Å². The Kier molecular flexibility index (Phi) is 6.76. The van der Waals surface area contributed by atoms with E-state index in [9.17, 15) is 4.79 Å². The van der Waals surface area contributed by atoms with Gasteiger partial charge in [-0.05, 0) is 31.9 Å². The Morgan fingerprint density at radius 3 is 2.33 bits per heavy atom. The minimum absolute atomic E-state index is 0.107. The van der Waals surface area contributed by atoms with Crippen molar-refractivity contribution in [3.63, 3.8) is 0 Å². The summed E-state index contributed by atoms with van der Waals surface area (Å²) in [5.74, 6) is -0.638. The van der Waals surface area contributed by atoms with Crippen LogP contribution in [0, 0.1) is 0 Å². The molecular weight excluding hydrogens is 498 g/mol. The molecule has 0 aliphatic carbocycles. The molecule has 0 saturated carbocycles. The van der Waals surface area contributed by atoms with Gasteiger partial charge in [-0.25, -0.2) is 19.7 Å². The molecule has 4 aromatic rings. The van der Waals surface area contributed by atoms with Gasteiger partial charge in [0.2, 0.25) is 0 Å². The minimum Gasteiger partial charge on any atom is -0.464 e. The number of carbonyl (C=O) groups excluding carboxylic acids is 1. The Bertz CT molecular complexity index is 1410. The van der Waals surface area contributed by atoms with Gasteiger partial charge in [-0.3, -0.25) is 4.57 Å². The zero-order valence-electron chi connectivity index (χ0n) is 22.1. The molecule has 2 aromatic carbocycles. The van der Waals surface area contributed by atoms with E-state index in [1.54, 1.807) is 17.8 Å². The molecule has 2 aliphatic heterocycles. The Hall–Kier alpha value is -3.86. The average Bonchev–Trinajstić information content (AvgIpc) is 3.61. The van der Waals surface area contributed by atoms with E-state index in [0.717, 1.165) is 0 Å². The predicted octanol–water partition coefficient (Wildman–Crippen LogP) is 4.05. The Balaban J connectivity index is 1.29. The standard InChI is InChI=1S/C29H31N5O5/c1-4-36-28(35)24-22-23(39-29(2,3)38-22)27(37-24)34-17-33-21-25(31-16-32-26(21)34)30-15-20(18-11-7-5-8-12-18)19-13-9-6-10-14-19/h5-14,16-17,20,22-24,27H,4,15H2,1-3H3,(H,30,31,32)/t22-,23+,24-,27+/m0/s1. The van der Waals surface area contributed by atoms with Gasteiger partial charge in [-0.2, -0.15) is 0 Å². The quantitative estimate of drug-likeness (QED) is 0.338. The van der Waals surface area contributed by atoms with Gasteiger partial charge in [0.15, 0.2) is 35.1 Å². The molecule has 0 spiro atoms. The van der Waals surface area contributed by atoms with Crippen LogP contribution in [-0.2, 0) is 23.7 Å². The van der Waals surface area contributed by atoms with E-state index in [-0.39, 0.29) is 12.5 Å². The van der Waals surface area contributed by atoms with Crippen molar-refractivity contribution in [1.29, 1.82) is 0 Å². The Labute approximate surface area is 226 Å². The third-order valence-electron chi connectivity index (χ3n) is 7.06. The first-order valence-electron chi connectivity index (χ1n) is 13.1. The van der Waals surface area contributed by atoms with Crippen LogP contribution in [0.2, 0.25) is 0 Å². The van der Waals surface area contributed by atoms with Crippen molar-refractivity contribution in [2.45, 2.75) is 57.0 Å². The molecule has 0 amide bonds. The lowest BCUT2D eigenvalue weighted by atomic mass is 9.91. The first-order valence-corrected chi connectivity index (χ1v) is 13.1. The van der Waals surface area contributed by atoms with Crippen LogP contribution in [-0.4, -0.2) is 62.7 Å². The fourth-order valence-electron chi connectivity index (χ4n) is 5.38. The van der Waals surface area contributed by atoms with Gasteiger partial charge in [-0.1, -0.05) is 60.7 Å². The molecule has 0 radical (unpaired) electrons. The number of carbonyl (C=O) groups is 1. The zero-order chi connectivity index (χ0) is 27.0. The third kappa shape index (κ3) is 4.87. The molecule has 0 unspecified atom stereocenters. The van der Waals surface area contributed by atoms with Crippen molar-refractivity contribution in [2.24, 2.45) is 0 Å². The van der Waals surface area contributed by atoms with Crippen molar-refractivity contribution in [1.82, 2.24) is 19.5 Å². The largest absolute Gasteiger partial charge is 0.464 e. The second-order valence-corrected chi connectivity index (χ2v) is 10.1. The molecule has 1 N–H and O–H groups in total. The van der Waals surface area contributed by atoms with Crippen LogP contribution in [0.4, 0.5) is 5.82 Å². The van der Waals surface area contributed by atoms with Crippen LogP contribution in [0.5, 0.6) is 0 Å². The third-order valence-corrected chi connectivity index (χ3v) is 7.06. The maximum atomic E-state index is 12.7. The van der Waals surface area contributed by atoms with E-state index in [4.69, 9.17) is 18.9 Å². The summed E-state index contributed by atoms with van der Waals surface area (Å²) in [5, 5.41) is 3.49. The smallest absolute Gasteiger partial charge is 0.338 e. The minimum atomic E-state index is -0.920. The fraction of sp³-hybridized carbons (Fsp3) is 0.379. The van der Waals surface area contributed by atoms with Crippen LogP contribution in [0.1, 0.15) is 44.0 Å². The Morgan fingerprint density at radius 2 is 1.67 bits per heavy atom. The van der Waals surface area contributed by atoms with E-state index in [2.05, 4.69) is 44.5 Å². The monoisotopic (exact) mass is 529 g/mol. The van der Waals surface area contributed by atoms with E-state index >= 15 is 0 Å². The molecule has 10 nitrogen and oxygen atoms in total. The summed E-state index contributed by atoms with van der Waals surface area (Å²) in [7, 11) is 0. The summed E-state index contributed by atoms with van der Waals surface area (Å²) < 4.78 is 25.4. The highest BCUT2D eigenvalue weighted by molar-refractivity contribution is 5.83. The highest BCUT2D eigenvalue weighted by atomic mass is 16.8. The van der Waals surface area contributed by atoms with Crippen molar-refractivity contribution >= 4 is 23.0 Å². The summed E-state index contributed by atoms with van der Waals surface area (Å²) in [6.07, 6.45) is 0.377. The van der Waals surface area contributed by atoms with E-state index < -0.39 is 36.3 Å². The van der Waals surface area contributed by atoms with E-state index in [1.165, 1.54) is 17.5 Å². The summed E-state index contributed by atoms with van der Waals surface area (Å²) in [4.78, 5) is 26.3. The number of nitrogens with one attached hydrogen (secondary N) is 1. The van der Waals surface area contributed by atoms with Crippen molar-refractivity contribution < 1.29 is 23.7 Å². The molecule has 4 atom stereocenters. The lowest BCUT2D eigenvalue weighted by Crippen LogP contribution is -2.36. The number of esters is 1. The number of ether oxygens (including phenoxy) is 4. The summed E-state index contributed by atoms with van der Waals surface area (Å²) >= 11 is 0. The van der Waals surface area contributed by atoms with Gasteiger partial charge in [0, 0.05) is 12.5 Å². The van der Waals surface area contributed by atoms with Crippen LogP contribution in [0.3, 0.4) is 0 Å². The van der Waals surface area contributed by atoms with Crippen LogP contribution in [0.25, 0.3) is 11.2 Å². The Morgan fingerprint density at radius 1 is 1.00 bits per heavy atom. The van der Waals surface area contributed by atoms with E-state index in [0.29, 0.717) is 23.5 Å². The second kappa shape index (κ2) is 10.4. The SMILES string of the molecule is CCOC(=O)[C@H]1O[C@@H](n2cnc3c(NCC(c4ccccc4)c4ccccc4)ncnc32)[C@@H]2OC(C)(C)O[C@@H]21. The molecule has 6 rings (SSSR count). The van der Waals surface area contributed by atoms with Crippen LogP contribution >= 0.6 is 0 Å². The number of imidazole rings is 1. The van der Waals surface area contributed by atoms with Gasteiger partial charge < -0.3 is 24.3 Å². The normalized spacial score (nSPS) is 23.7. The van der Waals surface area contributed by atoms with Crippen LogP contribution < -0.4 is 5.32 Å². The number of fused-ring (bicyclic) bond motifs is 2. The number of rotatable bonds is 8. The lowest BCUT2D eigenvalue weighted by Gasteiger charge is -2.24.